The van der Waals surface area contributed by atoms with Crippen LogP contribution in [0.25, 0.3) is 0 Å². The molecule has 1 aliphatic heterocycles. The van der Waals surface area contributed by atoms with Crippen LogP contribution in [-0.4, -0.2) is 19.0 Å². The van der Waals surface area contributed by atoms with E-state index in [1.807, 2.05) is 30.0 Å². The lowest BCUT2D eigenvalue weighted by atomic mass is 10.2. The van der Waals surface area contributed by atoms with Crippen molar-refractivity contribution in [3.8, 4) is 0 Å². The van der Waals surface area contributed by atoms with E-state index in [4.69, 9.17) is 17.3 Å². The summed E-state index contributed by atoms with van der Waals surface area (Å²) < 4.78 is 0. The van der Waals surface area contributed by atoms with Gasteiger partial charge in [0.05, 0.1) is 6.54 Å². The quantitative estimate of drug-likeness (QED) is 0.863. The predicted octanol–water partition coefficient (Wildman–Crippen LogP) is 2.36. The molecule has 0 aromatic heterocycles. The normalized spacial score (nSPS) is 14.8. The van der Waals surface area contributed by atoms with Crippen LogP contribution < -0.4 is 10.6 Å². The summed E-state index contributed by atoms with van der Waals surface area (Å²) >= 11 is 5.88. The fraction of sp³-hybridized carbons (Fsp3) is 0.300. The molecular weight excluding hydrogens is 277 g/mol. The van der Waals surface area contributed by atoms with Gasteiger partial charge in [0.1, 0.15) is 0 Å². The third kappa shape index (κ3) is 2.44. The topological polar surface area (TPSA) is 41.6 Å². The highest BCUT2D eigenvalue weighted by atomic mass is 79.9. The molecule has 1 aromatic carbocycles. The number of rotatable bonds is 1. The molecule has 1 aromatic rings. The lowest BCUT2D eigenvalue weighted by molar-refractivity contribution is 1.02. The first-order valence-electron chi connectivity index (χ1n) is 4.52. The van der Waals surface area contributed by atoms with Crippen molar-refractivity contribution >= 4 is 40.2 Å². The fourth-order valence-corrected chi connectivity index (χ4v) is 1.86. The molecule has 0 amide bonds. The molecule has 1 heterocycles. The number of benzene rings is 1. The summed E-state index contributed by atoms with van der Waals surface area (Å²) in [5, 5.41) is 0.751. The van der Waals surface area contributed by atoms with Crippen LogP contribution >= 0.6 is 28.6 Å². The largest absolute Gasteiger partial charge is 0.370 e. The summed E-state index contributed by atoms with van der Waals surface area (Å²) in [4.78, 5) is 6.15. The summed E-state index contributed by atoms with van der Waals surface area (Å²) in [6, 6.07) is 5.78. The Balaban J connectivity index is 0.00000112. The minimum Gasteiger partial charge on any atom is -0.370 e. The van der Waals surface area contributed by atoms with Crippen molar-refractivity contribution in [2.45, 2.75) is 6.92 Å². The van der Waals surface area contributed by atoms with Crippen molar-refractivity contribution in [3.63, 3.8) is 0 Å². The van der Waals surface area contributed by atoms with Gasteiger partial charge in [0.2, 0.25) is 0 Å². The van der Waals surface area contributed by atoms with Crippen molar-refractivity contribution in [2.24, 2.45) is 10.7 Å². The summed E-state index contributed by atoms with van der Waals surface area (Å²) in [7, 11) is 0. The standard InChI is InChI=1S/C10H12ClN3.BrH/c1-7-6-8(11)2-3-9(7)14-5-4-13-10(14)12;/h2-3,6H,4-5H2,1H3,(H2,12,13);1H. The van der Waals surface area contributed by atoms with Crippen LogP contribution in [0.15, 0.2) is 23.2 Å². The van der Waals surface area contributed by atoms with E-state index in [-0.39, 0.29) is 17.0 Å². The Kier molecular flexibility index (Phi) is 3.99. The van der Waals surface area contributed by atoms with E-state index < -0.39 is 0 Å². The first-order valence-corrected chi connectivity index (χ1v) is 4.90. The third-order valence-corrected chi connectivity index (χ3v) is 2.56. The monoisotopic (exact) mass is 289 g/mol. The van der Waals surface area contributed by atoms with Crippen molar-refractivity contribution in [1.29, 1.82) is 0 Å². The van der Waals surface area contributed by atoms with Gasteiger partial charge < -0.3 is 10.6 Å². The molecule has 0 radical (unpaired) electrons. The molecule has 0 saturated heterocycles. The second kappa shape index (κ2) is 4.86. The zero-order valence-electron chi connectivity index (χ0n) is 8.40. The van der Waals surface area contributed by atoms with Gasteiger partial charge in [0.25, 0.3) is 0 Å². The average molecular weight is 291 g/mol. The maximum absolute atomic E-state index is 5.88. The molecule has 0 atom stereocenters. The van der Waals surface area contributed by atoms with Crippen LogP contribution in [0.4, 0.5) is 5.69 Å². The Bertz CT molecular complexity index is 392. The molecule has 82 valence electrons. The molecule has 0 fully saturated rings. The van der Waals surface area contributed by atoms with Gasteiger partial charge in [0, 0.05) is 17.3 Å². The number of guanidine groups is 1. The van der Waals surface area contributed by atoms with Crippen LogP contribution in [0.3, 0.4) is 0 Å². The van der Waals surface area contributed by atoms with Crippen LogP contribution in [-0.2, 0) is 0 Å². The van der Waals surface area contributed by atoms with Crippen molar-refractivity contribution in [3.05, 3.63) is 28.8 Å². The van der Waals surface area contributed by atoms with Crippen LogP contribution in [0, 0.1) is 6.92 Å². The smallest absolute Gasteiger partial charge is 0.195 e. The minimum atomic E-state index is 0. The number of nitrogens with two attached hydrogens (primary N) is 1. The molecule has 0 unspecified atom stereocenters. The number of nitrogens with zero attached hydrogens (tertiary/aromatic N) is 2. The number of halogens is 2. The first kappa shape index (κ1) is 12.3. The van der Waals surface area contributed by atoms with Crippen LogP contribution in [0.1, 0.15) is 5.56 Å². The average Bonchev–Trinajstić information content (AvgIpc) is 2.52. The van der Waals surface area contributed by atoms with E-state index in [1.54, 1.807) is 0 Å². The molecule has 0 bridgehead atoms. The Morgan fingerprint density at radius 3 is 2.73 bits per heavy atom. The molecule has 2 rings (SSSR count). The molecule has 0 saturated carbocycles. The van der Waals surface area contributed by atoms with E-state index in [1.165, 1.54) is 0 Å². The van der Waals surface area contributed by atoms with Gasteiger partial charge in [-0.05, 0) is 30.7 Å². The molecular formula is C10H13BrClN3. The van der Waals surface area contributed by atoms with Gasteiger partial charge in [-0.1, -0.05) is 11.6 Å². The fourth-order valence-electron chi connectivity index (χ4n) is 1.63. The molecule has 5 heteroatoms. The number of hydrogen-bond acceptors (Lipinski definition) is 3. The second-order valence-corrected chi connectivity index (χ2v) is 3.76. The first-order chi connectivity index (χ1) is 6.68. The summed E-state index contributed by atoms with van der Waals surface area (Å²) in [5.41, 5.74) is 7.97. The van der Waals surface area contributed by atoms with Gasteiger partial charge in [-0.15, -0.1) is 17.0 Å². The Morgan fingerprint density at radius 1 is 1.47 bits per heavy atom. The SMILES string of the molecule is Br.Cc1cc(Cl)ccc1N1CCN=C1N. The van der Waals surface area contributed by atoms with Gasteiger partial charge in [0.15, 0.2) is 5.96 Å². The van der Waals surface area contributed by atoms with Gasteiger partial charge in [-0.3, -0.25) is 4.99 Å². The second-order valence-electron chi connectivity index (χ2n) is 3.32. The van der Waals surface area contributed by atoms with Crippen molar-refractivity contribution < 1.29 is 0 Å². The summed E-state index contributed by atoms with van der Waals surface area (Å²) in [6.07, 6.45) is 0. The highest BCUT2D eigenvalue weighted by molar-refractivity contribution is 8.93. The van der Waals surface area contributed by atoms with Crippen LogP contribution in [0.2, 0.25) is 5.02 Å². The van der Waals surface area contributed by atoms with Gasteiger partial charge in [-0.2, -0.15) is 0 Å². The van der Waals surface area contributed by atoms with Crippen molar-refractivity contribution in [1.82, 2.24) is 0 Å². The van der Waals surface area contributed by atoms with E-state index >= 15 is 0 Å². The van der Waals surface area contributed by atoms with Gasteiger partial charge in [-0.25, -0.2) is 0 Å². The predicted molar refractivity (Wildman–Crippen MR) is 70.3 cm³/mol. The Hall–Kier alpha value is -0.740. The van der Waals surface area contributed by atoms with Gasteiger partial charge >= 0.3 is 0 Å². The van der Waals surface area contributed by atoms with Crippen molar-refractivity contribution in [2.75, 3.05) is 18.0 Å². The highest BCUT2D eigenvalue weighted by Gasteiger charge is 2.16. The lowest BCUT2D eigenvalue weighted by Gasteiger charge is -2.19. The third-order valence-electron chi connectivity index (χ3n) is 2.32. The Morgan fingerprint density at radius 2 is 2.20 bits per heavy atom. The van der Waals surface area contributed by atoms with E-state index in [0.717, 1.165) is 29.4 Å². The molecule has 3 nitrogen and oxygen atoms in total. The minimum absolute atomic E-state index is 0. The maximum atomic E-state index is 5.88. The zero-order chi connectivity index (χ0) is 10.1. The number of aryl methyl sites for hydroxylation is 1. The molecule has 2 N–H and O–H groups in total. The lowest BCUT2D eigenvalue weighted by Crippen LogP contribution is -2.34. The van der Waals surface area contributed by atoms with E-state index in [9.17, 15) is 0 Å². The number of hydrogen-bond donors (Lipinski definition) is 1. The number of aliphatic imine (C=N–C) groups is 1. The summed E-state index contributed by atoms with van der Waals surface area (Å²) in [6.45, 7) is 3.65. The molecule has 0 spiro atoms. The zero-order valence-corrected chi connectivity index (χ0v) is 10.9. The Labute approximate surface area is 105 Å². The van der Waals surface area contributed by atoms with E-state index in [2.05, 4.69) is 4.99 Å². The number of anilines is 1. The van der Waals surface area contributed by atoms with Crippen LogP contribution in [0.5, 0.6) is 0 Å². The molecule has 15 heavy (non-hydrogen) atoms. The highest BCUT2D eigenvalue weighted by Crippen LogP contribution is 2.24. The summed E-state index contributed by atoms with van der Waals surface area (Å²) in [5.74, 6) is 0.593. The molecule has 1 aliphatic rings. The molecule has 0 aliphatic carbocycles. The van der Waals surface area contributed by atoms with E-state index in [0.29, 0.717) is 5.96 Å². The maximum Gasteiger partial charge on any atom is 0.195 e.